The van der Waals surface area contributed by atoms with E-state index in [2.05, 4.69) is 10.3 Å². The molecule has 122 valence electrons. The number of hydrogen-bond donors (Lipinski definition) is 2. The Labute approximate surface area is 136 Å². The van der Waals surface area contributed by atoms with Gasteiger partial charge in [-0.15, -0.1) is 0 Å². The van der Waals surface area contributed by atoms with Crippen molar-refractivity contribution in [2.75, 3.05) is 0 Å². The van der Waals surface area contributed by atoms with Gasteiger partial charge >= 0.3 is 0 Å². The molecular formula is C18H23N3O2. The van der Waals surface area contributed by atoms with E-state index in [9.17, 15) is 4.79 Å². The maximum atomic E-state index is 12.4. The van der Waals surface area contributed by atoms with E-state index < -0.39 is 5.54 Å². The first-order valence-corrected chi connectivity index (χ1v) is 8.13. The van der Waals surface area contributed by atoms with Crippen molar-refractivity contribution in [2.24, 2.45) is 11.7 Å². The van der Waals surface area contributed by atoms with E-state index in [0.29, 0.717) is 18.1 Å². The maximum absolute atomic E-state index is 12.4. The molecule has 1 amide bonds. The predicted octanol–water partition coefficient (Wildman–Crippen LogP) is 2.87. The fourth-order valence-corrected chi connectivity index (χ4v) is 3.19. The first-order valence-electron chi connectivity index (χ1n) is 8.13. The SMILES string of the molecule is CC1(N)CCCCC1C(=O)NCc1coc(-c2ccccc2)n1. The number of oxazole rings is 1. The van der Waals surface area contributed by atoms with E-state index in [-0.39, 0.29) is 11.8 Å². The lowest BCUT2D eigenvalue weighted by atomic mass is 9.74. The standard InChI is InChI=1S/C18H23N3O2/c1-18(19)10-6-5-9-15(18)16(22)20-11-14-12-23-17(21-14)13-7-3-2-4-8-13/h2-4,7-8,12,15H,5-6,9-11,19H2,1H3,(H,20,22). The molecule has 1 aliphatic carbocycles. The van der Waals surface area contributed by atoms with Crippen LogP contribution in [0.4, 0.5) is 0 Å². The number of nitrogens with zero attached hydrogens (tertiary/aromatic N) is 1. The fraction of sp³-hybridized carbons (Fsp3) is 0.444. The molecule has 3 N–H and O–H groups in total. The van der Waals surface area contributed by atoms with Gasteiger partial charge in [-0.05, 0) is 31.9 Å². The molecule has 1 aromatic heterocycles. The lowest BCUT2D eigenvalue weighted by molar-refractivity contribution is -0.128. The van der Waals surface area contributed by atoms with Crippen LogP contribution in [0.25, 0.3) is 11.5 Å². The second-order valence-electron chi connectivity index (χ2n) is 6.53. The van der Waals surface area contributed by atoms with Crippen LogP contribution in [-0.4, -0.2) is 16.4 Å². The quantitative estimate of drug-likeness (QED) is 0.909. The molecular weight excluding hydrogens is 290 g/mol. The van der Waals surface area contributed by atoms with Crippen molar-refractivity contribution in [1.29, 1.82) is 0 Å². The minimum absolute atomic E-state index is 0.0129. The molecule has 0 saturated heterocycles. The van der Waals surface area contributed by atoms with Gasteiger partial charge in [-0.25, -0.2) is 4.98 Å². The summed E-state index contributed by atoms with van der Waals surface area (Å²) in [5, 5.41) is 2.95. The molecule has 5 nitrogen and oxygen atoms in total. The number of carbonyl (C=O) groups is 1. The van der Waals surface area contributed by atoms with Gasteiger partial charge in [-0.2, -0.15) is 0 Å². The average Bonchev–Trinajstić information content (AvgIpc) is 3.02. The summed E-state index contributed by atoms with van der Waals surface area (Å²) in [5.74, 6) is 0.451. The Morgan fingerprint density at radius 3 is 2.91 bits per heavy atom. The van der Waals surface area contributed by atoms with Crippen LogP contribution in [0.2, 0.25) is 0 Å². The van der Waals surface area contributed by atoms with Gasteiger partial charge in [-0.3, -0.25) is 4.79 Å². The highest BCUT2D eigenvalue weighted by atomic mass is 16.3. The average molecular weight is 313 g/mol. The van der Waals surface area contributed by atoms with Gasteiger partial charge in [-0.1, -0.05) is 31.0 Å². The van der Waals surface area contributed by atoms with E-state index in [4.69, 9.17) is 10.2 Å². The number of rotatable bonds is 4. The summed E-state index contributed by atoms with van der Waals surface area (Å²) in [6.07, 6.45) is 5.50. The van der Waals surface area contributed by atoms with Crippen molar-refractivity contribution >= 4 is 5.91 Å². The van der Waals surface area contributed by atoms with Crippen LogP contribution in [0.3, 0.4) is 0 Å². The van der Waals surface area contributed by atoms with Crippen LogP contribution in [0.1, 0.15) is 38.3 Å². The number of nitrogens with one attached hydrogen (secondary N) is 1. The topological polar surface area (TPSA) is 81.2 Å². The zero-order valence-electron chi connectivity index (χ0n) is 13.4. The van der Waals surface area contributed by atoms with Crippen LogP contribution in [-0.2, 0) is 11.3 Å². The molecule has 2 atom stereocenters. The predicted molar refractivity (Wildman–Crippen MR) is 88.3 cm³/mol. The summed E-state index contributed by atoms with van der Waals surface area (Å²) in [6, 6.07) is 9.70. The van der Waals surface area contributed by atoms with E-state index in [1.54, 1.807) is 6.26 Å². The highest BCUT2D eigenvalue weighted by Crippen LogP contribution is 2.31. The minimum Gasteiger partial charge on any atom is -0.444 e. The maximum Gasteiger partial charge on any atom is 0.226 e. The Morgan fingerprint density at radius 1 is 1.39 bits per heavy atom. The first kappa shape index (κ1) is 15.7. The Hall–Kier alpha value is -2.14. The van der Waals surface area contributed by atoms with Crippen LogP contribution in [0.5, 0.6) is 0 Å². The van der Waals surface area contributed by atoms with E-state index in [0.717, 1.165) is 31.2 Å². The number of amides is 1. The Morgan fingerprint density at radius 2 is 2.17 bits per heavy atom. The minimum atomic E-state index is -0.415. The molecule has 0 bridgehead atoms. The zero-order chi connectivity index (χ0) is 16.3. The molecule has 23 heavy (non-hydrogen) atoms. The summed E-state index contributed by atoms with van der Waals surface area (Å²) in [6.45, 7) is 2.34. The lowest BCUT2D eigenvalue weighted by Gasteiger charge is -2.37. The van der Waals surface area contributed by atoms with Crippen LogP contribution in [0.15, 0.2) is 41.0 Å². The van der Waals surface area contributed by atoms with Gasteiger partial charge in [0.15, 0.2) is 0 Å². The molecule has 0 spiro atoms. The number of carbonyl (C=O) groups excluding carboxylic acids is 1. The normalized spacial score (nSPS) is 24.3. The van der Waals surface area contributed by atoms with Crippen molar-refractivity contribution in [1.82, 2.24) is 10.3 Å². The molecule has 1 saturated carbocycles. The van der Waals surface area contributed by atoms with Gasteiger partial charge in [0, 0.05) is 11.1 Å². The first-order chi connectivity index (χ1) is 11.1. The number of benzene rings is 1. The highest BCUT2D eigenvalue weighted by Gasteiger charge is 2.37. The molecule has 1 heterocycles. The Kier molecular flexibility index (Phi) is 4.48. The second-order valence-corrected chi connectivity index (χ2v) is 6.53. The monoisotopic (exact) mass is 313 g/mol. The summed E-state index contributed by atoms with van der Waals surface area (Å²) in [4.78, 5) is 16.8. The van der Waals surface area contributed by atoms with Gasteiger partial charge in [0.05, 0.1) is 18.2 Å². The molecule has 1 aromatic carbocycles. The molecule has 1 fully saturated rings. The van der Waals surface area contributed by atoms with Gasteiger partial charge in [0.2, 0.25) is 11.8 Å². The van der Waals surface area contributed by atoms with Crippen LogP contribution in [0, 0.1) is 5.92 Å². The molecule has 3 rings (SSSR count). The van der Waals surface area contributed by atoms with Gasteiger partial charge in [0.1, 0.15) is 6.26 Å². The smallest absolute Gasteiger partial charge is 0.226 e. The van der Waals surface area contributed by atoms with Crippen molar-refractivity contribution in [3.63, 3.8) is 0 Å². The van der Waals surface area contributed by atoms with E-state index in [1.165, 1.54) is 0 Å². The number of nitrogens with two attached hydrogens (primary N) is 1. The molecule has 2 aromatic rings. The molecule has 5 heteroatoms. The van der Waals surface area contributed by atoms with Crippen molar-refractivity contribution in [3.05, 3.63) is 42.3 Å². The molecule has 0 aliphatic heterocycles. The summed E-state index contributed by atoms with van der Waals surface area (Å²) in [7, 11) is 0. The summed E-state index contributed by atoms with van der Waals surface area (Å²) < 4.78 is 5.48. The van der Waals surface area contributed by atoms with Crippen molar-refractivity contribution in [3.8, 4) is 11.5 Å². The van der Waals surface area contributed by atoms with E-state index >= 15 is 0 Å². The third kappa shape index (κ3) is 3.62. The molecule has 1 aliphatic rings. The highest BCUT2D eigenvalue weighted by molar-refractivity contribution is 5.80. The fourth-order valence-electron chi connectivity index (χ4n) is 3.19. The van der Waals surface area contributed by atoms with Crippen LogP contribution < -0.4 is 11.1 Å². The van der Waals surface area contributed by atoms with Crippen molar-refractivity contribution in [2.45, 2.75) is 44.7 Å². The Balaban J connectivity index is 1.60. The van der Waals surface area contributed by atoms with Crippen molar-refractivity contribution < 1.29 is 9.21 Å². The third-order valence-corrected chi connectivity index (χ3v) is 4.59. The van der Waals surface area contributed by atoms with Gasteiger partial charge in [0.25, 0.3) is 0 Å². The largest absolute Gasteiger partial charge is 0.444 e. The van der Waals surface area contributed by atoms with E-state index in [1.807, 2.05) is 37.3 Å². The summed E-state index contributed by atoms with van der Waals surface area (Å²) in [5.41, 5.74) is 7.50. The van der Waals surface area contributed by atoms with Crippen LogP contribution >= 0.6 is 0 Å². The Bertz CT molecular complexity index is 664. The zero-order valence-corrected chi connectivity index (χ0v) is 13.4. The summed E-state index contributed by atoms with van der Waals surface area (Å²) >= 11 is 0. The number of hydrogen-bond acceptors (Lipinski definition) is 4. The number of aromatic nitrogens is 1. The lowest BCUT2D eigenvalue weighted by Crippen LogP contribution is -2.52. The second kappa shape index (κ2) is 6.54. The third-order valence-electron chi connectivity index (χ3n) is 4.59. The molecule has 2 unspecified atom stereocenters. The van der Waals surface area contributed by atoms with Gasteiger partial charge < -0.3 is 15.5 Å². The molecule has 0 radical (unpaired) electrons.